The SMILES string of the molecule is Brc1cnc(Oc2ccccc2)c(Br)c1. The lowest BCUT2D eigenvalue weighted by atomic mass is 10.3. The van der Waals surface area contributed by atoms with Crippen LogP contribution in [0.4, 0.5) is 0 Å². The van der Waals surface area contributed by atoms with Crippen LogP contribution in [0, 0.1) is 0 Å². The standard InChI is InChI=1S/C11H7Br2NO/c12-8-6-10(13)11(14-7-8)15-9-4-2-1-3-5-9/h1-7H. The zero-order valence-corrected chi connectivity index (χ0v) is 10.8. The number of hydrogen-bond acceptors (Lipinski definition) is 2. The summed E-state index contributed by atoms with van der Waals surface area (Å²) in [4.78, 5) is 4.16. The third kappa shape index (κ3) is 2.79. The minimum Gasteiger partial charge on any atom is -0.438 e. The zero-order chi connectivity index (χ0) is 10.7. The maximum absolute atomic E-state index is 5.59. The highest BCUT2D eigenvalue weighted by atomic mass is 79.9. The lowest BCUT2D eigenvalue weighted by Crippen LogP contribution is -1.88. The Morgan fingerprint density at radius 1 is 1.07 bits per heavy atom. The molecule has 0 atom stereocenters. The first-order chi connectivity index (χ1) is 7.25. The summed E-state index contributed by atoms with van der Waals surface area (Å²) in [5.74, 6) is 1.33. The summed E-state index contributed by atoms with van der Waals surface area (Å²) < 4.78 is 7.32. The van der Waals surface area contributed by atoms with Gasteiger partial charge in [-0.05, 0) is 50.1 Å². The Balaban J connectivity index is 2.25. The molecule has 2 nitrogen and oxygen atoms in total. The summed E-state index contributed by atoms with van der Waals surface area (Å²) in [7, 11) is 0. The van der Waals surface area contributed by atoms with Crippen LogP contribution in [0.3, 0.4) is 0 Å². The quantitative estimate of drug-likeness (QED) is 0.815. The molecule has 1 aromatic heterocycles. The molecule has 15 heavy (non-hydrogen) atoms. The van der Waals surface area contributed by atoms with Gasteiger partial charge in [0, 0.05) is 10.7 Å². The van der Waals surface area contributed by atoms with Crippen LogP contribution in [-0.2, 0) is 0 Å². The number of para-hydroxylation sites is 1. The lowest BCUT2D eigenvalue weighted by molar-refractivity contribution is 0.459. The molecular formula is C11H7Br2NO. The van der Waals surface area contributed by atoms with E-state index in [1.54, 1.807) is 6.20 Å². The maximum Gasteiger partial charge on any atom is 0.233 e. The molecule has 2 rings (SSSR count). The molecular weight excluding hydrogens is 322 g/mol. The number of benzene rings is 1. The predicted molar refractivity (Wildman–Crippen MR) is 66.2 cm³/mol. The summed E-state index contributed by atoms with van der Waals surface area (Å²) in [6.07, 6.45) is 1.70. The van der Waals surface area contributed by atoms with Crippen molar-refractivity contribution in [3.8, 4) is 11.6 Å². The van der Waals surface area contributed by atoms with E-state index in [0.717, 1.165) is 14.7 Å². The van der Waals surface area contributed by atoms with Crippen LogP contribution in [0.2, 0.25) is 0 Å². The van der Waals surface area contributed by atoms with Gasteiger partial charge >= 0.3 is 0 Å². The van der Waals surface area contributed by atoms with Gasteiger partial charge in [0.2, 0.25) is 5.88 Å². The van der Waals surface area contributed by atoms with Gasteiger partial charge in [-0.1, -0.05) is 18.2 Å². The maximum atomic E-state index is 5.59. The van der Waals surface area contributed by atoms with Crippen molar-refractivity contribution in [3.05, 3.63) is 51.5 Å². The largest absolute Gasteiger partial charge is 0.438 e. The molecule has 0 fully saturated rings. The van der Waals surface area contributed by atoms with E-state index in [4.69, 9.17) is 4.74 Å². The molecule has 0 N–H and O–H groups in total. The predicted octanol–water partition coefficient (Wildman–Crippen LogP) is 4.40. The second-order valence-corrected chi connectivity index (χ2v) is 4.63. The third-order valence-corrected chi connectivity index (χ3v) is 2.73. The number of nitrogens with zero attached hydrogens (tertiary/aromatic N) is 1. The molecule has 0 spiro atoms. The van der Waals surface area contributed by atoms with Crippen molar-refractivity contribution in [3.63, 3.8) is 0 Å². The van der Waals surface area contributed by atoms with Crippen molar-refractivity contribution in [2.75, 3.05) is 0 Å². The summed E-state index contributed by atoms with van der Waals surface area (Å²) in [5, 5.41) is 0. The van der Waals surface area contributed by atoms with Crippen LogP contribution < -0.4 is 4.74 Å². The number of pyridine rings is 1. The molecule has 0 aliphatic heterocycles. The van der Waals surface area contributed by atoms with Gasteiger partial charge in [0.05, 0.1) is 4.47 Å². The molecule has 2 aromatic rings. The molecule has 0 radical (unpaired) electrons. The van der Waals surface area contributed by atoms with Crippen LogP contribution in [-0.4, -0.2) is 4.98 Å². The Morgan fingerprint density at radius 3 is 2.47 bits per heavy atom. The molecule has 4 heteroatoms. The fourth-order valence-electron chi connectivity index (χ4n) is 1.08. The highest BCUT2D eigenvalue weighted by Gasteiger charge is 2.04. The summed E-state index contributed by atoms with van der Waals surface area (Å²) in [6.45, 7) is 0. The normalized spacial score (nSPS) is 10.0. The number of hydrogen-bond donors (Lipinski definition) is 0. The number of halogens is 2. The third-order valence-electron chi connectivity index (χ3n) is 1.73. The van der Waals surface area contributed by atoms with Gasteiger partial charge in [-0.2, -0.15) is 0 Å². The summed E-state index contributed by atoms with van der Waals surface area (Å²) in [5.41, 5.74) is 0. The molecule has 0 unspecified atom stereocenters. The molecule has 0 saturated heterocycles. The van der Waals surface area contributed by atoms with Gasteiger partial charge in [0.25, 0.3) is 0 Å². The van der Waals surface area contributed by atoms with E-state index in [0.29, 0.717) is 5.88 Å². The second kappa shape index (κ2) is 4.77. The molecule has 0 bridgehead atoms. The smallest absolute Gasteiger partial charge is 0.233 e. The first kappa shape index (κ1) is 10.6. The van der Waals surface area contributed by atoms with Crippen molar-refractivity contribution >= 4 is 31.9 Å². The minimum absolute atomic E-state index is 0.560. The second-order valence-electron chi connectivity index (χ2n) is 2.86. The van der Waals surface area contributed by atoms with Crippen LogP contribution >= 0.6 is 31.9 Å². The van der Waals surface area contributed by atoms with Crippen molar-refractivity contribution in [1.82, 2.24) is 4.98 Å². The monoisotopic (exact) mass is 327 g/mol. The molecule has 0 amide bonds. The topological polar surface area (TPSA) is 22.1 Å². The molecule has 0 aliphatic rings. The van der Waals surface area contributed by atoms with E-state index in [9.17, 15) is 0 Å². The van der Waals surface area contributed by atoms with Gasteiger partial charge in [-0.3, -0.25) is 0 Å². The average Bonchev–Trinajstić information content (AvgIpc) is 2.24. The van der Waals surface area contributed by atoms with E-state index in [1.807, 2.05) is 36.4 Å². The Hall–Kier alpha value is -0.870. The minimum atomic E-state index is 0.560. The van der Waals surface area contributed by atoms with Crippen LogP contribution in [0.5, 0.6) is 11.6 Å². The molecule has 76 valence electrons. The van der Waals surface area contributed by atoms with E-state index in [1.165, 1.54) is 0 Å². The fraction of sp³-hybridized carbons (Fsp3) is 0. The van der Waals surface area contributed by atoms with Crippen LogP contribution in [0.1, 0.15) is 0 Å². The first-order valence-electron chi connectivity index (χ1n) is 4.29. The molecule has 1 aromatic carbocycles. The van der Waals surface area contributed by atoms with Crippen LogP contribution in [0.15, 0.2) is 51.5 Å². The number of ether oxygens (including phenoxy) is 1. The van der Waals surface area contributed by atoms with Gasteiger partial charge in [-0.25, -0.2) is 4.98 Å². The Labute approximate surface area is 105 Å². The van der Waals surface area contributed by atoms with Crippen molar-refractivity contribution in [2.45, 2.75) is 0 Å². The lowest BCUT2D eigenvalue weighted by Gasteiger charge is -2.05. The van der Waals surface area contributed by atoms with Crippen LogP contribution in [0.25, 0.3) is 0 Å². The summed E-state index contributed by atoms with van der Waals surface area (Å²) >= 11 is 6.72. The van der Waals surface area contributed by atoms with Gasteiger partial charge in [-0.15, -0.1) is 0 Å². The number of rotatable bonds is 2. The Kier molecular flexibility index (Phi) is 3.38. The van der Waals surface area contributed by atoms with Gasteiger partial charge < -0.3 is 4.74 Å². The number of aromatic nitrogens is 1. The van der Waals surface area contributed by atoms with E-state index >= 15 is 0 Å². The highest BCUT2D eigenvalue weighted by molar-refractivity contribution is 9.11. The average molecular weight is 329 g/mol. The van der Waals surface area contributed by atoms with Gasteiger partial charge in [0.15, 0.2) is 0 Å². The molecule has 1 heterocycles. The van der Waals surface area contributed by atoms with Crippen molar-refractivity contribution in [2.24, 2.45) is 0 Å². The fourth-order valence-corrected chi connectivity index (χ4v) is 2.15. The molecule has 0 saturated carbocycles. The first-order valence-corrected chi connectivity index (χ1v) is 5.88. The summed E-state index contributed by atoms with van der Waals surface area (Å²) in [6, 6.07) is 11.4. The zero-order valence-electron chi connectivity index (χ0n) is 7.65. The molecule has 0 aliphatic carbocycles. The van der Waals surface area contributed by atoms with E-state index in [2.05, 4.69) is 36.8 Å². The highest BCUT2D eigenvalue weighted by Crippen LogP contribution is 2.29. The Bertz CT molecular complexity index is 459. The van der Waals surface area contributed by atoms with Crippen molar-refractivity contribution in [1.29, 1.82) is 0 Å². The van der Waals surface area contributed by atoms with Crippen molar-refractivity contribution < 1.29 is 4.74 Å². The van der Waals surface area contributed by atoms with E-state index < -0.39 is 0 Å². The Morgan fingerprint density at radius 2 is 1.80 bits per heavy atom. The van der Waals surface area contributed by atoms with Gasteiger partial charge in [0.1, 0.15) is 5.75 Å². The van der Waals surface area contributed by atoms with E-state index in [-0.39, 0.29) is 0 Å².